The van der Waals surface area contributed by atoms with E-state index in [1.54, 1.807) is 13.0 Å². The minimum absolute atomic E-state index is 0.128. The van der Waals surface area contributed by atoms with E-state index in [-0.39, 0.29) is 5.78 Å². The fourth-order valence-electron chi connectivity index (χ4n) is 1.06. The summed E-state index contributed by atoms with van der Waals surface area (Å²) in [6, 6.07) is 0. The number of Topliss-reactive ketones (excluding diaryl/α,β-unsaturated/α-hetero) is 1. The van der Waals surface area contributed by atoms with E-state index in [1.165, 1.54) is 0 Å². The van der Waals surface area contributed by atoms with Gasteiger partial charge in [-0.15, -0.1) is 0 Å². The number of carbonyl (C=O) groups is 1. The SMILES string of the molecule is C=CC1=C(C(C)=O)C=CC1. The molecule has 1 aliphatic rings. The molecule has 1 nitrogen and oxygen atoms in total. The summed E-state index contributed by atoms with van der Waals surface area (Å²) in [5.41, 5.74) is 1.86. The molecule has 0 fully saturated rings. The quantitative estimate of drug-likeness (QED) is 0.564. The average molecular weight is 134 g/mol. The van der Waals surface area contributed by atoms with Crippen molar-refractivity contribution in [3.8, 4) is 0 Å². The number of allylic oxidation sites excluding steroid dienone is 5. The van der Waals surface area contributed by atoms with Crippen molar-refractivity contribution in [3.63, 3.8) is 0 Å². The van der Waals surface area contributed by atoms with Gasteiger partial charge in [0.05, 0.1) is 0 Å². The molecule has 0 aromatic rings. The fraction of sp³-hybridized carbons (Fsp3) is 0.222. The lowest BCUT2D eigenvalue weighted by atomic mass is 10.1. The summed E-state index contributed by atoms with van der Waals surface area (Å²) in [5.74, 6) is 0.128. The van der Waals surface area contributed by atoms with Crippen LogP contribution < -0.4 is 0 Å². The van der Waals surface area contributed by atoms with Crippen LogP contribution in [0.2, 0.25) is 0 Å². The van der Waals surface area contributed by atoms with Gasteiger partial charge in [0.1, 0.15) is 0 Å². The first-order valence-corrected chi connectivity index (χ1v) is 3.28. The van der Waals surface area contributed by atoms with Crippen molar-refractivity contribution in [1.29, 1.82) is 0 Å². The van der Waals surface area contributed by atoms with Gasteiger partial charge in [-0.25, -0.2) is 0 Å². The Morgan fingerprint density at radius 2 is 2.50 bits per heavy atom. The fourth-order valence-corrected chi connectivity index (χ4v) is 1.06. The van der Waals surface area contributed by atoms with E-state index in [9.17, 15) is 4.79 Å². The molecule has 0 heterocycles. The molecule has 1 aliphatic carbocycles. The van der Waals surface area contributed by atoms with E-state index in [0.717, 1.165) is 17.6 Å². The molecule has 0 atom stereocenters. The third-order valence-electron chi connectivity index (χ3n) is 1.59. The number of ketones is 1. The monoisotopic (exact) mass is 134 g/mol. The number of hydrogen-bond acceptors (Lipinski definition) is 1. The molecule has 0 amide bonds. The Hall–Kier alpha value is -1.11. The molecule has 0 saturated carbocycles. The van der Waals surface area contributed by atoms with E-state index < -0.39 is 0 Å². The summed E-state index contributed by atoms with van der Waals surface area (Å²) in [4.78, 5) is 10.9. The van der Waals surface area contributed by atoms with Gasteiger partial charge in [0, 0.05) is 5.57 Å². The largest absolute Gasteiger partial charge is 0.295 e. The first kappa shape index (κ1) is 7.00. The molecule has 0 saturated heterocycles. The van der Waals surface area contributed by atoms with Crippen molar-refractivity contribution in [2.24, 2.45) is 0 Å². The Balaban J connectivity index is 2.97. The van der Waals surface area contributed by atoms with Crippen molar-refractivity contribution >= 4 is 5.78 Å². The van der Waals surface area contributed by atoms with Crippen LogP contribution >= 0.6 is 0 Å². The van der Waals surface area contributed by atoms with Crippen molar-refractivity contribution < 1.29 is 4.79 Å². The lowest BCUT2D eigenvalue weighted by Crippen LogP contribution is -1.93. The van der Waals surface area contributed by atoms with Crippen LogP contribution in [0.3, 0.4) is 0 Å². The molecule has 1 rings (SSSR count). The van der Waals surface area contributed by atoms with Gasteiger partial charge in [0.15, 0.2) is 5.78 Å². The first-order chi connectivity index (χ1) is 4.75. The highest BCUT2D eigenvalue weighted by molar-refractivity contribution is 5.98. The predicted molar refractivity (Wildman–Crippen MR) is 41.7 cm³/mol. The molecule has 0 unspecified atom stereocenters. The molecule has 0 bridgehead atoms. The summed E-state index contributed by atoms with van der Waals surface area (Å²) in [6.45, 7) is 5.20. The van der Waals surface area contributed by atoms with Crippen LogP contribution in [0.1, 0.15) is 13.3 Å². The van der Waals surface area contributed by atoms with Gasteiger partial charge in [-0.05, 0) is 18.9 Å². The molecule has 0 radical (unpaired) electrons. The van der Waals surface area contributed by atoms with Crippen molar-refractivity contribution in [2.45, 2.75) is 13.3 Å². The summed E-state index contributed by atoms with van der Waals surface area (Å²) in [7, 11) is 0. The summed E-state index contributed by atoms with van der Waals surface area (Å²) < 4.78 is 0. The maximum Gasteiger partial charge on any atom is 0.160 e. The number of hydrogen-bond donors (Lipinski definition) is 0. The van der Waals surface area contributed by atoms with E-state index in [2.05, 4.69) is 6.58 Å². The molecule has 0 aliphatic heterocycles. The van der Waals surface area contributed by atoms with Crippen molar-refractivity contribution in [1.82, 2.24) is 0 Å². The lowest BCUT2D eigenvalue weighted by molar-refractivity contribution is -0.113. The molecular formula is C9H10O. The van der Waals surface area contributed by atoms with Gasteiger partial charge < -0.3 is 0 Å². The third kappa shape index (κ3) is 1.08. The highest BCUT2D eigenvalue weighted by Gasteiger charge is 2.08. The second-order valence-corrected chi connectivity index (χ2v) is 2.31. The number of rotatable bonds is 2. The minimum atomic E-state index is 0.128. The Labute approximate surface area is 60.7 Å². The maximum atomic E-state index is 10.9. The molecule has 10 heavy (non-hydrogen) atoms. The Bertz CT molecular complexity index is 231. The van der Waals surface area contributed by atoms with Crippen LogP contribution in [-0.4, -0.2) is 5.78 Å². The molecule has 0 spiro atoms. The van der Waals surface area contributed by atoms with E-state index in [4.69, 9.17) is 0 Å². The van der Waals surface area contributed by atoms with Gasteiger partial charge in [0.2, 0.25) is 0 Å². The van der Waals surface area contributed by atoms with E-state index in [1.807, 2.05) is 12.2 Å². The lowest BCUT2D eigenvalue weighted by Gasteiger charge is -1.94. The minimum Gasteiger partial charge on any atom is -0.295 e. The zero-order valence-corrected chi connectivity index (χ0v) is 6.05. The van der Waals surface area contributed by atoms with Crippen LogP contribution in [0.5, 0.6) is 0 Å². The highest BCUT2D eigenvalue weighted by atomic mass is 16.1. The van der Waals surface area contributed by atoms with Crippen LogP contribution in [-0.2, 0) is 4.79 Å². The summed E-state index contributed by atoms with van der Waals surface area (Å²) in [5, 5.41) is 0. The standard InChI is InChI=1S/C9H10O/c1-3-8-5-4-6-9(8)7(2)10/h3-4,6H,1,5H2,2H3. The predicted octanol–water partition coefficient (Wildman–Crippen LogP) is 2.02. The second-order valence-electron chi connectivity index (χ2n) is 2.31. The molecule has 0 aromatic carbocycles. The zero-order valence-electron chi connectivity index (χ0n) is 6.05. The Morgan fingerprint density at radius 1 is 1.80 bits per heavy atom. The molecular weight excluding hydrogens is 124 g/mol. The first-order valence-electron chi connectivity index (χ1n) is 3.28. The van der Waals surface area contributed by atoms with Crippen LogP contribution in [0.25, 0.3) is 0 Å². The van der Waals surface area contributed by atoms with E-state index in [0.29, 0.717) is 0 Å². The van der Waals surface area contributed by atoms with Crippen LogP contribution in [0, 0.1) is 0 Å². The Kier molecular flexibility index (Phi) is 1.86. The molecule has 52 valence electrons. The van der Waals surface area contributed by atoms with Gasteiger partial charge in [-0.3, -0.25) is 4.79 Å². The highest BCUT2D eigenvalue weighted by Crippen LogP contribution is 2.19. The maximum absolute atomic E-state index is 10.9. The van der Waals surface area contributed by atoms with Gasteiger partial charge in [0.25, 0.3) is 0 Å². The smallest absolute Gasteiger partial charge is 0.160 e. The Morgan fingerprint density at radius 3 is 2.90 bits per heavy atom. The van der Waals surface area contributed by atoms with Crippen molar-refractivity contribution in [3.05, 3.63) is 36.0 Å². The topological polar surface area (TPSA) is 17.1 Å². The summed E-state index contributed by atoms with van der Waals surface area (Å²) >= 11 is 0. The number of carbonyl (C=O) groups excluding carboxylic acids is 1. The summed E-state index contributed by atoms with van der Waals surface area (Å²) in [6.07, 6.45) is 6.45. The second kappa shape index (κ2) is 2.65. The zero-order chi connectivity index (χ0) is 7.56. The van der Waals surface area contributed by atoms with Gasteiger partial charge in [-0.1, -0.05) is 24.8 Å². The normalized spacial score (nSPS) is 16.1. The van der Waals surface area contributed by atoms with Crippen LogP contribution in [0.15, 0.2) is 36.0 Å². The average Bonchev–Trinajstić information content (AvgIpc) is 2.33. The van der Waals surface area contributed by atoms with Crippen molar-refractivity contribution in [2.75, 3.05) is 0 Å². The van der Waals surface area contributed by atoms with Crippen LogP contribution in [0.4, 0.5) is 0 Å². The molecule has 1 heteroatoms. The van der Waals surface area contributed by atoms with E-state index >= 15 is 0 Å². The molecule has 0 N–H and O–H groups in total. The molecule has 0 aromatic heterocycles. The van der Waals surface area contributed by atoms with Gasteiger partial charge >= 0.3 is 0 Å². The van der Waals surface area contributed by atoms with Gasteiger partial charge in [-0.2, -0.15) is 0 Å². The third-order valence-corrected chi connectivity index (χ3v) is 1.59.